The second kappa shape index (κ2) is 14.7. The van der Waals surface area contributed by atoms with Gasteiger partial charge < -0.3 is 10.5 Å². The highest BCUT2D eigenvalue weighted by atomic mass is 35.5. The third-order valence-electron chi connectivity index (χ3n) is 9.74. The van der Waals surface area contributed by atoms with Gasteiger partial charge >= 0.3 is 0 Å². The molecule has 10 heteroatoms. The summed E-state index contributed by atoms with van der Waals surface area (Å²) in [4.78, 5) is 30.8. The molecule has 7 rings (SSSR count). The van der Waals surface area contributed by atoms with Crippen molar-refractivity contribution in [3.8, 4) is 28.1 Å². The van der Waals surface area contributed by atoms with E-state index in [1.165, 1.54) is 5.56 Å². The topological polar surface area (TPSA) is 115 Å². The number of nitrogens with one attached hydrogen (secondary N) is 1. The molecule has 1 atom stereocenters. The number of nitrogens with two attached hydrogens (primary N) is 1. The Morgan fingerprint density at radius 1 is 0.896 bits per heavy atom. The number of hydrogen-bond donors (Lipinski definition) is 2. The van der Waals surface area contributed by atoms with E-state index in [1.807, 2.05) is 22.8 Å². The molecule has 1 unspecified atom stereocenters. The number of nitrogens with zero attached hydrogens (tertiary/aromatic N) is 4. The van der Waals surface area contributed by atoms with Gasteiger partial charge in [-0.15, -0.1) is 12.4 Å². The quantitative estimate of drug-likeness (QED) is 0.185. The number of rotatable bonds is 9. The van der Waals surface area contributed by atoms with Crippen molar-refractivity contribution < 1.29 is 14.3 Å². The zero-order chi connectivity index (χ0) is 32.3. The van der Waals surface area contributed by atoms with Crippen LogP contribution in [-0.2, 0) is 16.1 Å². The van der Waals surface area contributed by atoms with E-state index in [1.54, 1.807) is 6.33 Å². The van der Waals surface area contributed by atoms with Crippen molar-refractivity contribution in [1.82, 2.24) is 24.8 Å². The van der Waals surface area contributed by atoms with Crippen molar-refractivity contribution in [2.24, 2.45) is 5.73 Å². The highest BCUT2D eigenvalue weighted by Crippen LogP contribution is 2.32. The molecule has 0 aliphatic carbocycles. The SMILES string of the molecule is Cc1cc(-c2ncnn3cc(-c4ccc(OCCN5CCC(c6ccc(C7CCC(=O)NC7=O)cc6)CC5)cc4)cc23)ccc1CN.Cl. The Balaban J connectivity index is 0.00000401. The second-order valence-electron chi connectivity index (χ2n) is 12.7. The first kappa shape index (κ1) is 33.3. The molecule has 248 valence electrons. The summed E-state index contributed by atoms with van der Waals surface area (Å²) < 4.78 is 8.01. The Morgan fingerprint density at radius 2 is 1.62 bits per heavy atom. The lowest BCUT2D eigenvalue weighted by Crippen LogP contribution is -2.39. The molecule has 0 bridgehead atoms. The zero-order valence-corrected chi connectivity index (χ0v) is 27.9. The Kier molecular flexibility index (Phi) is 10.2. The number of fused-ring (bicyclic) bond motifs is 1. The monoisotopic (exact) mass is 664 g/mol. The molecule has 0 saturated carbocycles. The van der Waals surface area contributed by atoms with E-state index in [0.717, 1.165) is 82.8 Å². The van der Waals surface area contributed by atoms with Gasteiger partial charge in [-0.05, 0) is 97.3 Å². The number of aryl methyl sites for hydroxylation is 1. The summed E-state index contributed by atoms with van der Waals surface area (Å²) in [6, 6.07) is 25.1. The Bertz CT molecular complexity index is 1900. The lowest BCUT2D eigenvalue weighted by atomic mass is 9.86. The average Bonchev–Trinajstić information content (AvgIpc) is 3.54. The third kappa shape index (κ3) is 7.13. The summed E-state index contributed by atoms with van der Waals surface area (Å²) in [7, 11) is 0. The molecule has 0 radical (unpaired) electrons. The lowest BCUT2D eigenvalue weighted by molar-refractivity contribution is -0.134. The van der Waals surface area contributed by atoms with Crippen molar-refractivity contribution in [2.75, 3.05) is 26.2 Å². The number of ether oxygens (including phenoxy) is 1. The Labute approximate surface area is 286 Å². The number of benzene rings is 3. The van der Waals surface area contributed by atoms with Crippen LogP contribution < -0.4 is 15.8 Å². The predicted octanol–water partition coefficient (Wildman–Crippen LogP) is 6.03. The first-order chi connectivity index (χ1) is 22.9. The maximum absolute atomic E-state index is 12.2. The van der Waals surface area contributed by atoms with Gasteiger partial charge in [0.1, 0.15) is 18.7 Å². The summed E-state index contributed by atoms with van der Waals surface area (Å²) in [5.41, 5.74) is 15.5. The third-order valence-corrected chi connectivity index (χ3v) is 9.74. The number of carbonyl (C=O) groups is 2. The van der Waals surface area contributed by atoms with Gasteiger partial charge in [-0.3, -0.25) is 19.8 Å². The minimum absolute atomic E-state index is 0. The van der Waals surface area contributed by atoms with Crippen LogP contribution in [0.4, 0.5) is 0 Å². The molecule has 0 spiro atoms. The van der Waals surface area contributed by atoms with Crippen LogP contribution >= 0.6 is 12.4 Å². The van der Waals surface area contributed by atoms with Gasteiger partial charge in [-0.2, -0.15) is 5.10 Å². The van der Waals surface area contributed by atoms with Gasteiger partial charge in [0.05, 0.1) is 17.1 Å². The molecule has 3 N–H and O–H groups in total. The molecule has 4 heterocycles. The van der Waals surface area contributed by atoms with E-state index in [0.29, 0.717) is 31.9 Å². The van der Waals surface area contributed by atoms with Crippen LogP contribution in [0.3, 0.4) is 0 Å². The second-order valence-corrected chi connectivity index (χ2v) is 12.7. The van der Waals surface area contributed by atoms with Gasteiger partial charge in [0.2, 0.25) is 11.8 Å². The summed E-state index contributed by atoms with van der Waals surface area (Å²) >= 11 is 0. The average molecular weight is 665 g/mol. The summed E-state index contributed by atoms with van der Waals surface area (Å²) in [6.45, 7) is 6.20. The number of likely N-dealkylation sites (tertiary alicyclic amines) is 1. The molecule has 2 amide bonds. The maximum Gasteiger partial charge on any atom is 0.234 e. The number of piperidine rings is 2. The normalized spacial score (nSPS) is 17.2. The first-order valence-electron chi connectivity index (χ1n) is 16.5. The van der Waals surface area contributed by atoms with Gasteiger partial charge in [-0.25, -0.2) is 9.50 Å². The fraction of sp³-hybridized carbons (Fsp3) is 0.316. The minimum atomic E-state index is -0.229. The van der Waals surface area contributed by atoms with Crippen LogP contribution in [-0.4, -0.2) is 57.6 Å². The molecule has 2 fully saturated rings. The predicted molar refractivity (Wildman–Crippen MR) is 189 cm³/mol. The molecule has 2 aliphatic heterocycles. The van der Waals surface area contributed by atoms with Crippen molar-refractivity contribution in [2.45, 2.75) is 51.0 Å². The molecule has 2 saturated heterocycles. The van der Waals surface area contributed by atoms with E-state index in [2.05, 4.69) is 87.9 Å². The highest BCUT2D eigenvalue weighted by molar-refractivity contribution is 6.00. The molecular weight excluding hydrogens is 624 g/mol. The van der Waals surface area contributed by atoms with Crippen LogP contribution in [0.5, 0.6) is 5.75 Å². The molecule has 2 aliphatic rings. The largest absolute Gasteiger partial charge is 0.492 e. The van der Waals surface area contributed by atoms with Crippen molar-refractivity contribution in [3.05, 3.63) is 108 Å². The van der Waals surface area contributed by atoms with Crippen LogP contribution in [0.2, 0.25) is 0 Å². The molecule has 9 nitrogen and oxygen atoms in total. The number of hydrogen-bond acceptors (Lipinski definition) is 7. The standard InChI is InChI=1S/C38H40N6O3.ClH/c1-25-20-30(6-7-31(25)22-39)37-35-21-32(23-44(35)41-24-40-37)27-8-10-33(11-9-27)47-19-18-43-16-14-28(15-17-43)26-2-4-29(5-3-26)34-12-13-36(45)42-38(34)46;/h2-11,20-21,23-24,28,34H,12-19,22,39H2,1H3,(H,42,45,46);1H. The molecule has 5 aromatic rings. The number of imide groups is 1. The van der Waals surface area contributed by atoms with Gasteiger partial charge in [0.15, 0.2) is 0 Å². The fourth-order valence-corrected chi connectivity index (χ4v) is 6.92. The van der Waals surface area contributed by atoms with E-state index in [4.69, 9.17) is 10.5 Å². The molecular formula is C38H41ClN6O3. The summed E-state index contributed by atoms with van der Waals surface area (Å²) in [5.74, 6) is 0.795. The van der Waals surface area contributed by atoms with Gasteiger partial charge in [-0.1, -0.05) is 48.5 Å². The van der Waals surface area contributed by atoms with Crippen LogP contribution in [0.15, 0.2) is 85.3 Å². The van der Waals surface area contributed by atoms with E-state index in [-0.39, 0.29) is 30.1 Å². The zero-order valence-electron chi connectivity index (χ0n) is 27.1. The summed E-state index contributed by atoms with van der Waals surface area (Å²) in [5, 5.41) is 6.91. The van der Waals surface area contributed by atoms with Crippen molar-refractivity contribution in [3.63, 3.8) is 0 Å². The number of halogens is 1. The number of amides is 2. The molecule has 2 aromatic heterocycles. The van der Waals surface area contributed by atoms with E-state index >= 15 is 0 Å². The lowest BCUT2D eigenvalue weighted by Gasteiger charge is -2.32. The maximum atomic E-state index is 12.2. The molecule has 3 aromatic carbocycles. The smallest absolute Gasteiger partial charge is 0.234 e. The minimum Gasteiger partial charge on any atom is -0.492 e. The van der Waals surface area contributed by atoms with Crippen LogP contribution in [0.25, 0.3) is 27.9 Å². The van der Waals surface area contributed by atoms with E-state index in [9.17, 15) is 9.59 Å². The fourth-order valence-electron chi connectivity index (χ4n) is 6.92. The van der Waals surface area contributed by atoms with E-state index < -0.39 is 0 Å². The number of carbonyl (C=O) groups excluding carboxylic acids is 2. The van der Waals surface area contributed by atoms with Gasteiger partial charge in [0.25, 0.3) is 0 Å². The Hall–Kier alpha value is -4.57. The summed E-state index contributed by atoms with van der Waals surface area (Å²) in [6.07, 6.45) is 6.82. The van der Waals surface area contributed by atoms with Crippen molar-refractivity contribution in [1.29, 1.82) is 0 Å². The Morgan fingerprint density at radius 3 is 2.33 bits per heavy atom. The first-order valence-corrected chi connectivity index (χ1v) is 16.5. The van der Waals surface area contributed by atoms with Crippen molar-refractivity contribution >= 4 is 29.7 Å². The highest BCUT2D eigenvalue weighted by Gasteiger charge is 2.28. The van der Waals surface area contributed by atoms with Crippen LogP contribution in [0.1, 0.15) is 59.8 Å². The van der Waals surface area contributed by atoms with Crippen LogP contribution in [0, 0.1) is 6.92 Å². The molecule has 48 heavy (non-hydrogen) atoms. The van der Waals surface area contributed by atoms with Gasteiger partial charge in [0, 0.05) is 36.8 Å². The number of aromatic nitrogens is 3.